The molecule has 1 spiro atoms. The largest absolute Gasteiger partial charge is 0.357 e. The van der Waals surface area contributed by atoms with E-state index in [2.05, 4.69) is 27.3 Å². The molecule has 1 saturated heterocycles. The summed E-state index contributed by atoms with van der Waals surface area (Å²) in [6.07, 6.45) is 8.33. The lowest BCUT2D eigenvalue weighted by Crippen LogP contribution is -2.41. The molecular weight excluding hydrogens is 415 g/mol. The van der Waals surface area contributed by atoms with E-state index in [-0.39, 0.29) is 24.0 Å². The summed E-state index contributed by atoms with van der Waals surface area (Å²) in [6.45, 7) is 7.89. The van der Waals surface area contributed by atoms with Crippen molar-refractivity contribution >= 4 is 29.9 Å². The molecule has 1 aromatic heterocycles. The summed E-state index contributed by atoms with van der Waals surface area (Å²) >= 11 is 0. The standard InChI is InChI=1S/C17H30N6.HI/c1-4-18-16(19-12-15-21-20-14(2)22(15)3)23-11-10-17(13-23)8-6-5-7-9-17;/h4-13H2,1-3H3,(H,18,19);1H. The van der Waals surface area contributed by atoms with Gasteiger partial charge in [0.15, 0.2) is 11.8 Å². The Kier molecular flexibility index (Phi) is 6.88. The van der Waals surface area contributed by atoms with Crippen LogP contribution in [0.1, 0.15) is 57.1 Å². The van der Waals surface area contributed by atoms with Crippen LogP contribution < -0.4 is 5.32 Å². The molecule has 0 amide bonds. The molecule has 7 heteroatoms. The highest BCUT2D eigenvalue weighted by Gasteiger charge is 2.39. The van der Waals surface area contributed by atoms with Crippen molar-refractivity contribution in [2.75, 3.05) is 19.6 Å². The van der Waals surface area contributed by atoms with Crippen molar-refractivity contribution in [2.24, 2.45) is 17.5 Å². The minimum atomic E-state index is 0. The van der Waals surface area contributed by atoms with E-state index in [1.807, 2.05) is 18.5 Å². The molecule has 2 heterocycles. The summed E-state index contributed by atoms with van der Waals surface area (Å²) in [5.41, 5.74) is 0.551. The lowest BCUT2D eigenvalue weighted by Gasteiger charge is -2.33. The van der Waals surface area contributed by atoms with Crippen LogP contribution in [0.4, 0.5) is 0 Å². The highest BCUT2D eigenvalue weighted by Crippen LogP contribution is 2.43. The summed E-state index contributed by atoms with van der Waals surface area (Å²) in [5, 5.41) is 11.8. The van der Waals surface area contributed by atoms with Gasteiger partial charge in [-0.1, -0.05) is 19.3 Å². The second-order valence-corrected chi connectivity index (χ2v) is 7.12. The third-order valence-corrected chi connectivity index (χ3v) is 5.54. The Hall–Kier alpha value is -0.860. The topological polar surface area (TPSA) is 58.3 Å². The fraction of sp³-hybridized carbons (Fsp3) is 0.824. The minimum absolute atomic E-state index is 0. The summed E-state index contributed by atoms with van der Waals surface area (Å²) in [5.74, 6) is 2.89. The maximum Gasteiger partial charge on any atom is 0.194 e. The smallest absolute Gasteiger partial charge is 0.194 e. The molecule has 2 aliphatic rings. The molecule has 1 aliphatic carbocycles. The summed E-state index contributed by atoms with van der Waals surface area (Å²) in [7, 11) is 2.00. The Labute approximate surface area is 162 Å². The Balaban J connectivity index is 0.00000208. The van der Waals surface area contributed by atoms with Crippen molar-refractivity contribution < 1.29 is 0 Å². The van der Waals surface area contributed by atoms with E-state index in [0.29, 0.717) is 12.0 Å². The normalized spacial score (nSPS) is 20.3. The van der Waals surface area contributed by atoms with E-state index >= 15 is 0 Å². The van der Waals surface area contributed by atoms with Crippen LogP contribution in [0.15, 0.2) is 4.99 Å². The van der Waals surface area contributed by atoms with Gasteiger partial charge in [0, 0.05) is 26.7 Å². The second-order valence-electron chi connectivity index (χ2n) is 7.12. The van der Waals surface area contributed by atoms with Crippen molar-refractivity contribution in [3.63, 3.8) is 0 Å². The predicted molar refractivity (Wildman–Crippen MR) is 108 cm³/mol. The molecule has 1 N–H and O–H groups in total. The van der Waals surface area contributed by atoms with Crippen molar-refractivity contribution in [3.05, 3.63) is 11.6 Å². The Bertz CT molecular complexity index is 561. The number of guanidine groups is 1. The van der Waals surface area contributed by atoms with E-state index in [1.165, 1.54) is 38.5 Å². The molecule has 136 valence electrons. The number of aliphatic imine (C=N–C) groups is 1. The first-order chi connectivity index (χ1) is 11.1. The SMILES string of the molecule is CCNC(=NCc1nnc(C)n1C)N1CCC2(CCCCC2)C1.I. The molecule has 0 atom stereocenters. The molecule has 0 radical (unpaired) electrons. The van der Waals surface area contributed by atoms with Gasteiger partial charge >= 0.3 is 0 Å². The third kappa shape index (κ3) is 4.21. The zero-order valence-electron chi connectivity index (χ0n) is 15.2. The lowest BCUT2D eigenvalue weighted by atomic mass is 9.73. The number of aromatic nitrogens is 3. The molecule has 0 unspecified atom stereocenters. The fourth-order valence-corrected chi connectivity index (χ4v) is 3.99. The first-order valence-electron chi connectivity index (χ1n) is 9.02. The molecule has 24 heavy (non-hydrogen) atoms. The van der Waals surface area contributed by atoms with Crippen LogP contribution in [0.5, 0.6) is 0 Å². The number of likely N-dealkylation sites (tertiary alicyclic amines) is 1. The second kappa shape index (κ2) is 8.49. The zero-order valence-corrected chi connectivity index (χ0v) is 17.5. The highest BCUT2D eigenvalue weighted by atomic mass is 127. The van der Waals surface area contributed by atoms with Gasteiger partial charge < -0.3 is 14.8 Å². The van der Waals surface area contributed by atoms with Crippen molar-refractivity contribution in [1.29, 1.82) is 0 Å². The van der Waals surface area contributed by atoms with E-state index in [1.54, 1.807) is 0 Å². The predicted octanol–water partition coefficient (Wildman–Crippen LogP) is 2.86. The Morgan fingerprint density at radius 3 is 2.58 bits per heavy atom. The molecule has 0 aromatic carbocycles. The summed E-state index contributed by atoms with van der Waals surface area (Å²) < 4.78 is 2.01. The van der Waals surface area contributed by atoms with Gasteiger partial charge in [-0.15, -0.1) is 34.2 Å². The van der Waals surface area contributed by atoms with Crippen LogP contribution >= 0.6 is 24.0 Å². The highest BCUT2D eigenvalue weighted by molar-refractivity contribution is 14.0. The summed E-state index contributed by atoms with van der Waals surface area (Å²) in [4.78, 5) is 7.28. The number of nitrogens with zero attached hydrogens (tertiary/aromatic N) is 5. The van der Waals surface area contributed by atoms with Gasteiger partial charge in [-0.2, -0.15) is 0 Å². The number of aryl methyl sites for hydroxylation is 1. The number of nitrogens with one attached hydrogen (secondary N) is 1. The number of halogens is 1. The molecule has 1 saturated carbocycles. The Morgan fingerprint density at radius 1 is 1.21 bits per heavy atom. The van der Waals surface area contributed by atoms with Crippen molar-refractivity contribution in [3.8, 4) is 0 Å². The van der Waals surface area contributed by atoms with Gasteiger partial charge in [0.1, 0.15) is 12.4 Å². The molecule has 0 bridgehead atoms. The molecular formula is C17H31IN6. The summed E-state index contributed by atoms with van der Waals surface area (Å²) in [6, 6.07) is 0. The van der Waals surface area contributed by atoms with Crippen LogP contribution in [0, 0.1) is 12.3 Å². The molecule has 1 aliphatic heterocycles. The number of hydrogen-bond acceptors (Lipinski definition) is 3. The van der Waals surface area contributed by atoms with Crippen LogP contribution in [0.25, 0.3) is 0 Å². The van der Waals surface area contributed by atoms with Crippen LogP contribution in [0.3, 0.4) is 0 Å². The fourth-order valence-electron chi connectivity index (χ4n) is 3.99. The van der Waals surface area contributed by atoms with E-state index in [0.717, 1.165) is 37.2 Å². The van der Waals surface area contributed by atoms with Crippen LogP contribution in [0.2, 0.25) is 0 Å². The van der Waals surface area contributed by atoms with E-state index in [4.69, 9.17) is 4.99 Å². The number of rotatable bonds is 3. The van der Waals surface area contributed by atoms with Crippen LogP contribution in [-0.4, -0.2) is 45.3 Å². The monoisotopic (exact) mass is 446 g/mol. The van der Waals surface area contributed by atoms with Crippen molar-refractivity contribution in [1.82, 2.24) is 25.0 Å². The first kappa shape index (κ1) is 19.5. The average Bonchev–Trinajstić information content (AvgIpc) is 3.10. The van der Waals surface area contributed by atoms with Gasteiger partial charge in [0.25, 0.3) is 0 Å². The lowest BCUT2D eigenvalue weighted by molar-refractivity contribution is 0.203. The molecule has 2 fully saturated rings. The maximum absolute atomic E-state index is 4.83. The van der Waals surface area contributed by atoms with Gasteiger partial charge in [-0.3, -0.25) is 0 Å². The third-order valence-electron chi connectivity index (χ3n) is 5.54. The van der Waals surface area contributed by atoms with Gasteiger partial charge in [0.2, 0.25) is 0 Å². The van der Waals surface area contributed by atoms with E-state index < -0.39 is 0 Å². The molecule has 3 rings (SSSR count). The van der Waals surface area contributed by atoms with Gasteiger partial charge in [-0.25, -0.2) is 4.99 Å². The van der Waals surface area contributed by atoms with E-state index in [9.17, 15) is 0 Å². The number of hydrogen-bond donors (Lipinski definition) is 1. The minimum Gasteiger partial charge on any atom is -0.357 e. The van der Waals surface area contributed by atoms with Crippen molar-refractivity contribution in [2.45, 2.75) is 58.9 Å². The van der Waals surface area contributed by atoms with Crippen LogP contribution in [-0.2, 0) is 13.6 Å². The van der Waals surface area contributed by atoms with Gasteiger partial charge in [-0.05, 0) is 38.5 Å². The molecule has 1 aromatic rings. The zero-order chi connectivity index (χ0) is 16.3. The van der Waals surface area contributed by atoms with Gasteiger partial charge in [0.05, 0.1) is 0 Å². The quantitative estimate of drug-likeness (QED) is 0.441. The maximum atomic E-state index is 4.83. The first-order valence-corrected chi connectivity index (χ1v) is 9.02. The average molecular weight is 446 g/mol. The molecule has 6 nitrogen and oxygen atoms in total. The Morgan fingerprint density at radius 2 is 1.96 bits per heavy atom.